The lowest BCUT2D eigenvalue weighted by Crippen LogP contribution is -2.50. The first-order valence-electron chi connectivity index (χ1n) is 7.95. The first-order chi connectivity index (χ1) is 10.7. The fourth-order valence-corrected chi connectivity index (χ4v) is 5.57. The second-order valence-corrected chi connectivity index (χ2v) is 8.30. The molecule has 7 heteroatoms. The number of fused-ring (bicyclic) bond motifs is 1. The first-order valence-corrected chi connectivity index (χ1v) is 9.60. The Morgan fingerprint density at radius 2 is 1.87 bits per heavy atom. The van der Waals surface area contributed by atoms with Crippen molar-refractivity contribution in [3.63, 3.8) is 0 Å². The third kappa shape index (κ3) is 3.05. The molecule has 2 atom stereocenters. The Balaban J connectivity index is 2.65. The average Bonchev–Trinajstić information content (AvgIpc) is 2.56. The predicted molar refractivity (Wildman–Crippen MR) is 86.4 cm³/mol. The van der Waals surface area contributed by atoms with Gasteiger partial charge >= 0.3 is 0 Å². The number of hydroxylamine groups is 2. The number of phenols is 2. The monoisotopic (exact) mass is 343 g/mol. The molecule has 1 aromatic carbocycles. The van der Waals surface area contributed by atoms with Crippen LogP contribution in [0.5, 0.6) is 11.5 Å². The maximum Gasteiger partial charge on any atom is 0.180 e. The molecule has 0 amide bonds. The molecule has 0 fully saturated rings. The second kappa shape index (κ2) is 6.30. The van der Waals surface area contributed by atoms with Gasteiger partial charge in [-0.3, -0.25) is 0 Å². The van der Waals surface area contributed by atoms with Gasteiger partial charge in [0.25, 0.3) is 0 Å². The molecule has 0 bridgehead atoms. The van der Waals surface area contributed by atoms with Crippen molar-refractivity contribution in [3.8, 4) is 11.5 Å². The van der Waals surface area contributed by atoms with Gasteiger partial charge in [0.15, 0.2) is 21.3 Å². The number of nitrogens with zero attached hydrogens (tertiary/aromatic N) is 1. The molecule has 1 heterocycles. The molecule has 0 aromatic heterocycles. The van der Waals surface area contributed by atoms with Crippen LogP contribution in [0.15, 0.2) is 17.0 Å². The van der Waals surface area contributed by atoms with Gasteiger partial charge in [-0.25, -0.2) is 8.42 Å². The summed E-state index contributed by atoms with van der Waals surface area (Å²) in [7, 11) is -3.71. The summed E-state index contributed by atoms with van der Waals surface area (Å²) in [6.07, 6.45) is 2.75. The van der Waals surface area contributed by atoms with Gasteiger partial charge in [0.1, 0.15) is 0 Å². The molecule has 0 radical (unpaired) electrons. The lowest BCUT2D eigenvalue weighted by molar-refractivity contribution is -0.198. The van der Waals surface area contributed by atoms with Crippen LogP contribution in [-0.4, -0.2) is 40.2 Å². The number of unbranched alkanes of at least 4 members (excludes halogenated alkanes) is 1. The SMILES string of the molecule is CCCCC1(CC)CS(=O)(=O)c2cc(O)c(O)cc2C(C)N1O. The molecule has 130 valence electrons. The summed E-state index contributed by atoms with van der Waals surface area (Å²) in [5.41, 5.74) is -0.576. The molecule has 3 N–H and O–H groups in total. The minimum atomic E-state index is -3.71. The second-order valence-electron chi connectivity index (χ2n) is 6.34. The van der Waals surface area contributed by atoms with E-state index in [9.17, 15) is 23.8 Å². The molecule has 0 saturated heterocycles. The Hall–Kier alpha value is -1.31. The zero-order valence-corrected chi connectivity index (χ0v) is 14.6. The zero-order chi connectivity index (χ0) is 17.4. The van der Waals surface area contributed by atoms with E-state index in [0.29, 0.717) is 18.4 Å². The number of hydrogen-bond donors (Lipinski definition) is 3. The summed E-state index contributed by atoms with van der Waals surface area (Å²) in [6, 6.07) is 1.70. The topological polar surface area (TPSA) is 98.1 Å². The van der Waals surface area contributed by atoms with Crippen molar-refractivity contribution in [3.05, 3.63) is 17.7 Å². The number of hydrogen-bond acceptors (Lipinski definition) is 6. The van der Waals surface area contributed by atoms with E-state index in [1.807, 2.05) is 13.8 Å². The van der Waals surface area contributed by atoms with Crippen LogP contribution in [0, 0.1) is 0 Å². The number of rotatable bonds is 4. The first kappa shape index (κ1) is 18.0. The van der Waals surface area contributed by atoms with E-state index in [4.69, 9.17) is 0 Å². The number of phenolic OH excluding ortho intramolecular Hbond substituents is 2. The number of benzene rings is 1. The molecule has 1 aromatic rings. The van der Waals surface area contributed by atoms with Gasteiger partial charge in [-0.05, 0) is 31.4 Å². The lowest BCUT2D eigenvalue weighted by atomic mass is 9.89. The fraction of sp³-hybridized carbons (Fsp3) is 0.625. The standard InChI is InChI=1S/C16H25NO5S/c1-4-6-7-16(5-2)10-23(21,22)15-9-14(19)13(18)8-12(15)11(3)17(16)20/h8-9,11,18-20H,4-7,10H2,1-3H3. The van der Waals surface area contributed by atoms with Crippen LogP contribution in [0.3, 0.4) is 0 Å². The lowest BCUT2D eigenvalue weighted by Gasteiger charge is -2.40. The summed E-state index contributed by atoms with van der Waals surface area (Å²) < 4.78 is 25.7. The molecule has 23 heavy (non-hydrogen) atoms. The Morgan fingerprint density at radius 1 is 1.26 bits per heavy atom. The molecule has 0 aliphatic carbocycles. The van der Waals surface area contributed by atoms with Crippen molar-refractivity contribution >= 4 is 9.84 Å². The number of aromatic hydroxyl groups is 2. The molecule has 1 aliphatic rings. The van der Waals surface area contributed by atoms with Gasteiger partial charge < -0.3 is 15.4 Å². The summed E-state index contributed by atoms with van der Waals surface area (Å²) in [6.45, 7) is 5.59. The van der Waals surface area contributed by atoms with Crippen LogP contribution in [0.2, 0.25) is 0 Å². The van der Waals surface area contributed by atoms with Crippen LogP contribution in [-0.2, 0) is 9.84 Å². The van der Waals surface area contributed by atoms with E-state index in [-0.39, 0.29) is 10.6 Å². The van der Waals surface area contributed by atoms with E-state index in [0.717, 1.165) is 24.0 Å². The molecular weight excluding hydrogens is 318 g/mol. The minimum absolute atomic E-state index is 0.0221. The van der Waals surface area contributed by atoms with Crippen molar-refractivity contribution in [2.45, 2.75) is 62.9 Å². The van der Waals surface area contributed by atoms with Gasteiger partial charge in [0.2, 0.25) is 0 Å². The van der Waals surface area contributed by atoms with Crippen molar-refractivity contribution in [1.82, 2.24) is 5.06 Å². The Labute approximate surface area is 137 Å². The minimum Gasteiger partial charge on any atom is -0.504 e. The highest BCUT2D eigenvalue weighted by atomic mass is 32.2. The maximum absolute atomic E-state index is 12.9. The highest BCUT2D eigenvalue weighted by Crippen LogP contribution is 2.44. The predicted octanol–water partition coefficient (Wildman–Crippen LogP) is 2.98. The van der Waals surface area contributed by atoms with Gasteiger partial charge in [-0.15, -0.1) is 0 Å². The summed E-state index contributed by atoms with van der Waals surface area (Å²) in [5, 5.41) is 31.3. The van der Waals surface area contributed by atoms with E-state index < -0.39 is 32.9 Å². The Morgan fingerprint density at radius 3 is 2.43 bits per heavy atom. The molecule has 0 saturated carbocycles. The van der Waals surface area contributed by atoms with E-state index in [2.05, 4.69) is 0 Å². The van der Waals surface area contributed by atoms with Crippen molar-refractivity contribution < 1.29 is 23.8 Å². The Bertz CT molecular complexity index is 688. The van der Waals surface area contributed by atoms with Crippen molar-refractivity contribution in [2.75, 3.05) is 5.75 Å². The average molecular weight is 343 g/mol. The van der Waals surface area contributed by atoms with Gasteiger partial charge in [-0.1, -0.05) is 26.7 Å². The maximum atomic E-state index is 12.9. The molecule has 6 nitrogen and oxygen atoms in total. The van der Waals surface area contributed by atoms with Gasteiger partial charge in [0, 0.05) is 6.07 Å². The zero-order valence-electron chi connectivity index (χ0n) is 13.8. The normalized spacial score (nSPS) is 27.4. The van der Waals surface area contributed by atoms with Crippen molar-refractivity contribution in [1.29, 1.82) is 0 Å². The summed E-state index contributed by atoms with van der Waals surface area (Å²) in [4.78, 5) is -0.0221. The number of sulfone groups is 1. The van der Waals surface area contributed by atoms with Crippen LogP contribution in [0.1, 0.15) is 58.1 Å². The van der Waals surface area contributed by atoms with E-state index >= 15 is 0 Å². The molecule has 0 spiro atoms. The highest BCUT2D eigenvalue weighted by Gasteiger charge is 2.46. The quantitative estimate of drug-likeness (QED) is 0.727. The van der Waals surface area contributed by atoms with Crippen molar-refractivity contribution in [2.24, 2.45) is 0 Å². The van der Waals surface area contributed by atoms with Gasteiger partial charge in [0.05, 0.1) is 22.2 Å². The van der Waals surface area contributed by atoms with Gasteiger partial charge in [-0.2, -0.15) is 5.06 Å². The van der Waals surface area contributed by atoms with Crippen LogP contribution in [0.4, 0.5) is 0 Å². The molecule has 2 unspecified atom stereocenters. The fourth-order valence-electron chi connectivity index (χ4n) is 3.34. The Kier molecular flexibility index (Phi) is 4.94. The molecule has 1 aliphatic heterocycles. The smallest absolute Gasteiger partial charge is 0.180 e. The summed E-state index contributed by atoms with van der Waals surface area (Å²) >= 11 is 0. The largest absolute Gasteiger partial charge is 0.504 e. The third-order valence-corrected chi connectivity index (χ3v) is 6.80. The molecular formula is C16H25NO5S. The third-order valence-electron chi connectivity index (χ3n) is 4.86. The van der Waals surface area contributed by atoms with E-state index in [1.54, 1.807) is 6.92 Å². The van der Waals surface area contributed by atoms with Crippen LogP contribution in [0.25, 0.3) is 0 Å². The van der Waals surface area contributed by atoms with E-state index in [1.165, 1.54) is 6.07 Å². The highest BCUT2D eigenvalue weighted by molar-refractivity contribution is 7.91. The summed E-state index contributed by atoms with van der Waals surface area (Å²) in [5.74, 6) is -1.08. The van der Waals surface area contributed by atoms with Crippen LogP contribution >= 0.6 is 0 Å². The molecule has 2 rings (SSSR count). The van der Waals surface area contributed by atoms with Crippen LogP contribution < -0.4 is 0 Å².